The SMILES string of the molecule is C[C@@H](NC(=O)OC(C)(C)C)C(=O)N[C@@H]1Cc2ccccc2[C@H]1O. The first-order valence-electron chi connectivity index (χ1n) is 7.73. The summed E-state index contributed by atoms with van der Waals surface area (Å²) in [4.78, 5) is 23.9. The van der Waals surface area contributed by atoms with Crippen molar-refractivity contribution in [2.75, 3.05) is 0 Å². The number of carbonyl (C=O) groups is 2. The quantitative estimate of drug-likeness (QED) is 0.790. The van der Waals surface area contributed by atoms with Crippen LogP contribution in [0.2, 0.25) is 0 Å². The lowest BCUT2D eigenvalue weighted by molar-refractivity contribution is -0.124. The standard InChI is InChI=1S/C17H24N2O4/c1-10(18-16(22)23-17(2,3)4)15(21)19-13-9-11-7-5-6-8-12(11)14(13)20/h5-8,10,13-14,20H,9H2,1-4H3,(H,18,22)(H,19,21)/t10-,13-,14-/m1/s1. The molecule has 1 aromatic rings. The highest BCUT2D eigenvalue weighted by atomic mass is 16.6. The molecule has 1 aromatic carbocycles. The first-order chi connectivity index (χ1) is 10.7. The van der Waals surface area contributed by atoms with E-state index in [9.17, 15) is 14.7 Å². The van der Waals surface area contributed by atoms with Crippen LogP contribution >= 0.6 is 0 Å². The van der Waals surface area contributed by atoms with Gasteiger partial charge in [0.25, 0.3) is 0 Å². The molecule has 2 amide bonds. The zero-order valence-electron chi connectivity index (χ0n) is 13.9. The first-order valence-corrected chi connectivity index (χ1v) is 7.73. The highest BCUT2D eigenvalue weighted by Gasteiger charge is 2.33. The van der Waals surface area contributed by atoms with Crippen molar-refractivity contribution >= 4 is 12.0 Å². The molecular weight excluding hydrogens is 296 g/mol. The number of hydrogen-bond acceptors (Lipinski definition) is 4. The molecule has 3 N–H and O–H groups in total. The van der Waals surface area contributed by atoms with Crippen molar-refractivity contribution in [2.24, 2.45) is 0 Å². The third kappa shape index (κ3) is 4.45. The Kier molecular flexibility index (Phi) is 4.94. The number of fused-ring (bicyclic) bond motifs is 1. The minimum atomic E-state index is -0.749. The number of carbonyl (C=O) groups excluding carboxylic acids is 2. The molecule has 0 bridgehead atoms. The molecule has 3 atom stereocenters. The maximum absolute atomic E-state index is 12.2. The predicted octanol–water partition coefficient (Wildman–Crippen LogP) is 1.67. The van der Waals surface area contributed by atoms with Crippen molar-refractivity contribution < 1.29 is 19.4 Å². The summed E-state index contributed by atoms with van der Waals surface area (Å²) in [7, 11) is 0. The molecule has 1 aliphatic carbocycles. The van der Waals surface area contributed by atoms with Crippen LogP contribution in [-0.2, 0) is 16.0 Å². The number of amides is 2. The molecule has 0 heterocycles. The van der Waals surface area contributed by atoms with Crippen LogP contribution in [0.4, 0.5) is 4.79 Å². The van der Waals surface area contributed by atoms with E-state index in [0.717, 1.165) is 11.1 Å². The van der Waals surface area contributed by atoms with Crippen LogP contribution in [0.1, 0.15) is 44.9 Å². The lowest BCUT2D eigenvalue weighted by Gasteiger charge is -2.23. The summed E-state index contributed by atoms with van der Waals surface area (Å²) >= 11 is 0. The van der Waals surface area contributed by atoms with Gasteiger partial charge in [0.1, 0.15) is 11.6 Å². The predicted molar refractivity (Wildman–Crippen MR) is 85.9 cm³/mol. The monoisotopic (exact) mass is 320 g/mol. The van der Waals surface area contributed by atoms with Crippen LogP contribution < -0.4 is 10.6 Å². The van der Waals surface area contributed by atoms with E-state index in [1.54, 1.807) is 27.7 Å². The molecule has 126 valence electrons. The van der Waals surface area contributed by atoms with Gasteiger partial charge in [0.05, 0.1) is 12.1 Å². The number of benzene rings is 1. The minimum absolute atomic E-state index is 0.354. The van der Waals surface area contributed by atoms with Gasteiger partial charge in [-0.3, -0.25) is 4.79 Å². The Morgan fingerprint density at radius 3 is 2.57 bits per heavy atom. The fourth-order valence-electron chi connectivity index (χ4n) is 2.56. The third-order valence-electron chi connectivity index (χ3n) is 3.65. The lowest BCUT2D eigenvalue weighted by Crippen LogP contribution is -2.50. The van der Waals surface area contributed by atoms with Crippen LogP contribution in [0.25, 0.3) is 0 Å². The van der Waals surface area contributed by atoms with E-state index >= 15 is 0 Å². The highest BCUT2D eigenvalue weighted by Crippen LogP contribution is 2.30. The number of aliphatic hydroxyl groups is 1. The summed E-state index contributed by atoms with van der Waals surface area (Å²) in [6, 6.07) is 6.42. The van der Waals surface area contributed by atoms with Crippen molar-refractivity contribution in [3.05, 3.63) is 35.4 Å². The van der Waals surface area contributed by atoms with E-state index < -0.39 is 23.8 Å². The Morgan fingerprint density at radius 2 is 1.96 bits per heavy atom. The third-order valence-corrected chi connectivity index (χ3v) is 3.65. The summed E-state index contributed by atoms with van der Waals surface area (Å²) in [6.07, 6.45) is -0.804. The van der Waals surface area contributed by atoms with Gasteiger partial charge in [-0.1, -0.05) is 24.3 Å². The average molecular weight is 320 g/mol. The van der Waals surface area contributed by atoms with Crippen molar-refractivity contribution in [2.45, 2.75) is 57.9 Å². The first kappa shape index (κ1) is 17.3. The van der Waals surface area contributed by atoms with Gasteiger partial charge in [0.2, 0.25) is 5.91 Å². The molecule has 0 fully saturated rings. The molecule has 6 nitrogen and oxygen atoms in total. The molecule has 0 aromatic heterocycles. The summed E-state index contributed by atoms with van der Waals surface area (Å²) in [5, 5.41) is 15.6. The minimum Gasteiger partial charge on any atom is -0.444 e. The van der Waals surface area contributed by atoms with Crippen LogP contribution in [0, 0.1) is 0 Å². The van der Waals surface area contributed by atoms with Gasteiger partial charge in [-0.05, 0) is 45.2 Å². The molecule has 0 saturated heterocycles. The van der Waals surface area contributed by atoms with Crippen molar-refractivity contribution in [3.8, 4) is 0 Å². The zero-order valence-corrected chi connectivity index (χ0v) is 13.9. The zero-order chi connectivity index (χ0) is 17.2. The van der Waals surface area contributed by atoms with Crippen LogP contribution in [0.15, 0.2) is 24.3 Å². The molecule has 2 rings (SSSR count). The van der Waals surface area contributed by atoms with E-state index in [1.165, 1.54) is 0 Å². The van der Waals surface area contributed by atoms with Gasteiger partial charge < -0.3 is 20.5 Å². The van der Waals surface area contributed by atoms with E-state index in [-0.39, 0.29) is 11.9 Å². The van der Waals surface area contributed by atoms with Crippen molar-refractivity contribution in [1.29, 1.82) is 0 Å². The lowest BCUT2D eigenvalue weighted by atomic mass is 10.1. The highest BCUT2D eigenvalue weighted by molar-refractivity contribution is 5.85. The van der Waals surface area contributed by atoms with Gasteiger partial charge in [-0.25, -0.2) is 4.79 Å². The van der Waals surface area contributed by atoms with E-state index in [2.05, 4.69) is 10.6 Å². The summed E-state index contributed by atoms with van der Waals surface area (Å²) in [6.45, 7) is 6.84. The van der Waals surface area contributed by atoms with E-state index in [0.29, 0.717) is 6.42 Å². The van der Waals surface area contributed by atoms with Crippen molar-refractivity contribution in [1.82, 2.24) is 10.6 Å². The number of alkyl carbamates (subject to hydrolysis) is 1. The van der Waals surface area contributed by atoms with Crippen LogP contribution in [0.3, 0.4) is 0 Å². The van der Waals surface area contributed by atoms with E-state index in [1.807, 2.05) is 24.3 Å². The van der Waals surface area contributed by atoms with Crippen LogP contribution in [-0.4, -0.2) is 34.8 Å². The molecule has 0 radical (unpaired) electrons. The maximum Gasteiger partial charge on any atom is 0.408 e. The number of aliphatic hydroxyl groups excluding tert-OH is 1. The fourth-order valence-corrected chi connectivity index (χ4v) is 2.56. The van der Waals surface area contributed by atoms with Gasteiger partial charge in [0, 0.05) is 0 Å². The second-order valence-corrected chi connectivity index (χ2v) is 6.83. The van der Waals surface area contributed by atoms with Crippen molar-refractivity contribution in [3.63, 3.8) is 0 Å². The smallest absolute Gasteiger partial charge is 0.408 e. The molecule has 0 saturated carbocycles. The molecule has 0 spiro atoms. The second kappa shape index (κ2) is 6.58. The molecule has 6 heteroatoms. The van der Waals surface area contributed by atoms with Gasteiger partial charge in [-0.15, -0.1) is 0 Å². The molecule has 1 aliphatic rings. The number of hydrogen-bond donors (Lipinski definition) is 3. The molecule has 0 unspecified atom stereocenters. The molecular formula is C17H24N2O4. The maximum atomic E-state index is 12.2. The largest absolute Gasteiger partial charge is 0.444 e. The number of rotatable bonds is 3. The van der Waals surface area contributed by atoms with Gasteiger partial charge in [-0.2, -0.15) is 0 Å². The fraction of sp³-hybridized carbons (Fsp3) is 0.529. The summed E-state index contributed by atoms with van der Waals surface area (Å²) < 4.78 is 5.12. The van der Waals surface area contributed by atoms with Crippen LogP contribution in [0.5, 0.6) is 0 Å². The Morgan fingerprint density at radius 1 is 1.30 bits per heavy atom. The van der Waals surface area contributed by atoms with Gasteiger partial charge in [0.15, 0.2) is 0 Å². The van der Waals surface area contributed by atoms with E-state index in [4.69, 9.17) is 4.74 Å². The Bertz CT molecular complexity index is 595. The summed E-state index contributed by atoms with van der Waals surface area (Å²) in [5.74, 6) is -0.354. The molecule has 23 heavy (non-hydrogen) atoms. The second-order valence-electron chi connectivity index (χ2n) is 6.83. The molecule has 0 aliphatic heterocycles. The normalized spacial score (nSPS) is 21.3. The number of ether oxygens (including phenoxy) is 1. The topological polar surface area (TPSA) is 87.7 Å². The van der Waals surface area contributed by atoms with Gasteiger partial charge >= 0.3 is 6.09 Å². The Labute approximate surface area is 136 Å². The summed E-state index contributed by atoms with van der Waals surface area (Å²) in [5.41, 5.74) is 1.24. The number of nitrogens with one attached hydrogen (secondary N) is 2. The Balaban J connectivity index is 1.89. The Hall–Kier alpha value is -2.08. The average Bonchev–Trinajstić information content (AvgIpc) is 2.73.